The Bertz CT molecular complexity index is 1320. The molecule has 274 valence electrons. The Kier molecular flexibility index (Phi) is 15.3. The number of cyclic esters (lactones) is 1. The summed E-state index contributed by atoms with van der Waals surface area (Å²) in [5, 5.41) is 37.0. The van der Waals surface area contributed by atoms with E-state index < -0.39 is 47.5 Å². The molecule has 2 aliphatic heterocycles. The molecular weight excluding hydrogens is 694 g/mol. The van der Waals surface area contributed by atoms with Gasteiger partial charge in [0.1, 0.15) is 23.9 Å². The SMILES string of the molecule is CC[C@H](OC)[C@@H](C)[C@H]1O[C@@H]1C(NCc1ccc(Br)cc1)C(C)(O)/C=C/C=C(\C)[C@@H]1OC(=O)C[C@H](O)CC[C@@](C)(O)[C@@H](OC(C)=O)/C=C/[C@@H]1C. The number of allylic oxidation sites excluding steroid dienone is 2. The van der Waals surface area contributed by atoms with Crippen LogP contribution in [0.15, 0.2) is 64.7 Å². The molecule has 1 fully saturated rings. The summed E-state index contributed by atoms with van der Waals surface area (Å²) in [4.78, 5) is 24.7. The molecule has 3 rings (SSSR count). The van der Waals surface area contributed by atoms with Crippen molar-refractivity contribution in [3.8, 4) is 0 Å². The molecule has 1 saturated heterocycles. The molecular formula is C38H56BrNO9. The third kappa shape index (κ3) is 12.1. The highest BCUT2D eigenvalue weighted by Crippen LogP contribution is 2.39. The minimum absolute atomic E-state index is 0.0365. The van der Waals surface area contributed by atoms with E-state index in [4.69, 9.17) is 18.9 Å². The molecule has 0 amide bonds. The number of ether oxygens (including phenoxy) is 4. The van der Waals surface area contributed by atoms with E-state index in [0.717, 1.165) is 16.5 Å². The van der Waals surface area contributed by atoms with Gasteiger partial charge < -0.3 is 39.6 Å². The lowest BCUT2D eigenvalue weighted by Crippen LogP contribution is -2.52. The number of hydrogen-bond donors (Lipinski definition) is 4. The molecule has 2 heterocycles. The number of carbonyl (C=O) groups excluding carboxylic acids is 2. The zero-order valence-corrected chi connectivity index (χ0v) is 31.7. The first kappa shape index (κ1) is 41.0. The molecule has 1 aromatic carbocycles. The number of aliphatic hydroxyl groups is 3. The van der Waals surface area contributed by atoms with Gasteiger partial charge in [-0.25, -0.2) is 0 Å². The molecule has 0 aliphatic carbocycles. The number of esters is 2. The Hall–Kier alpha value is -2.38. The normalized spacial score (nSPS) is 32.2. The number of nitrogens with one attached hydrogen (secondary N) is 1. The topological polar surface area (TPSA) is 147 Å². The van der Waals surface area contributed by atoms with Crippen LogP contribution in [-0.4, -0.2) is 88.2 Å². The van der Waals surface area contributed by atoms with Crippen molar-refractivity contribution >= 4 is 27.9 Å². The molecule has 1 aromatic rings. The second kappa shape index (κ2) is 18.2. The number of epoxide rings is 1. The summed E-state index contributed by atoms with van der Waals surface area (Å²) in [6.07, 6.45) is 6.44. The smallest absolute Gasteiger partial charge is 0.309 e. The van der Waals surface area contributed by atoms with Crippen LogP contribution in [0.3, 0.4) is 0 Å². The van der Waals surface area contributed by atoms with Gasteiger partial charge in [0.05, 0.1) is 36.4 Å². The zero-order valence-electron chi connectivity index (χ0n) is 30.1. The Morgan fingerprint density at radius 3 is 2.51 bits per heavy atom. The number of methoxy groups -OCH3 is 1. The maximum absolute atomic E-state index is 12.9. The second-order valence-corrected chi connectivity index (χ2v) is 14.9. The zero-order chi connectivity index (χ0) is 36.5. The van der Waals surface area contributed by atoms with Crippen LogP contribution in [0.25, 0.3) is 0 Å². The summed E-state index contributed by atoms with van der Waals surface area (Å²) in [5.74, 6) is -1.36. The van der Waals surface area contributed by atoms with Gasteiger partial charge in [0.25, 0.3) is 0 Å². The van der Waals surface area contributed by atoms with E-state index in [2.05, 4.69) is 35.1 Å². The van der Waals surface area contributed by atoms with Crippen LogP contribution in [-0.2, 0) is 35.1 Å². The van der Waals surface area contributed by atoms with Gasteiger partial charge in [-0.15, -0.1) is 0 Å². The maximum atomic E-state index is 12.9. The highest BCUT2D eigenvalue weighted by atomic mass is 79.9. The van der Waals surface area contributed by atoms with Crippen molar-refractivity contribution in [3.05, 3.63) is 70.3 Å². The molecule has 0 spiro atoms. The molecule has 49 heavy (non-hydrogen) atoms. The summed E-state index contributed by atoms with van der Waals surface area (Å²) in [6.45, 7) is 12.9. The lowest BCUT2D eigenvalue weighted by atomic mass is 9.87. The fraction of sp³-hybridized carbons (Fsp3) is 0.632. The van der Waals surface area contributed by atoms with E-state index in [1.807, 2.05) is 38.1 Å². The monoisotopic (exact) mass is 749 g/mol. The van der Waals surface area contributed by atoms with Crippen molar-refractivity contribution in [2.45, 2.75) is 135 Å². The van der Waals surface area contributed by atoms with Crippen molar-refractivity contribution < 1.29 is 43.9 Å². The fourth-order valence-corrected chi connectivity index (χ4v) is 6.76. The largest absolute Gasteiger partial charge is 0.457 e. The van der Waals surface area contributed by atoms with Gasteiger partial charge in [-0.3, -0.25) is 9.59 Å². The van der Waals surface area contributed by atoms with Gasteiger partial charge in [0, 0.05) is 36.9 Å². The van der Waals surface area contributed by atoms with Crippen LogP contribution in [0.4, 0.5) is 0 Å². The molecule has 0 bridgehead atoms. The third-order valence-corrected chi connectivity index (χ3v) is 10.2. The maximum Gasteiger partial charge on any atom is 0.309 e. The first-order valence-corrected chi connectivity index (χ1v) is 18.0. The Balaban J connectivity index is 1.87. The van der Waals surface area contributed by atoms with E-state index in [1.54, 1.807) is 51.3 Å². The summed E-state index contributed by atoms with van der Waals surface area (Å²) in [6, 6.07) is 7.55. The number of benzene rings is 1. The van der Waals surface area contributed by atoms with E-state index in [1.165, 1.54) is 6.92 Å². The van der Waals surface area contributed by atoms with Gasteiger partial charge in [-0.05, 0) is 69.4 Å². The molecule has 11 atom stereocenters. The lowest BCUT2D eigenvalue weighted by molar-refractivity contribution is -0.157. The van der Waals surface area contributed by atoms with E-state index in [-0.39, 0.29) is 49.4 Å². The van der Waals surface area contributed by atoms with Crippen molar-refractivity contribution in [1.82, 2.24) is 5.32 Å². The van der Waals surface area contributed by atoms with E-state index in [0.29, 0.717) is 12.1 Å². The number of halogens is 1. The molecule has 10 nitrogen and oxygen atoms in total. The molecule has 0 aromatic heterocycles. The fourth-order valence-electron chi connectivity index (χ4n) is 6.50. The Morgan fingerprint density at radius 2 is 1.90 bits per heavy atom. The Morgan fingerprint density at radius 1 is 1.22 bits per heavy atom. The molecule has 4 N–H and O–H groups in total. The predicted octanol–water partition coefficient (Wildman–Crippen LogP) is 5.32. The van der Waals surface area contributed by atoms with Gasteiger partial charge in [0.15, 0.2) is 0 Å². The minimum atomic E-state index is -1.45. The quantitative estimate of drug-likeness (QED) is 0.0905. The first-order valence-electron chi connectivity index (χ1n) is 17.2. The number of rotatable bonds is 13. The van der Waals surface area contributed by atoms with Crippen LogP contribution < -0.4 is 5.32 Å². The number of aliphatic hydroxyl groups excluding tert-OH is 1. The summed E-state index contributed by atoms with van der Waals surface area (Å²) in [5.41, 5.74) is -1.03. The summed E-state index contributed by atoms with van der Waals surface area (Å²) in [7, 11) is 1.71. The van der Waals surface area contributed by atoms with E-state index >= 15 is 0 Å². The highest BCUT2D eigenvalue weighted by Gasteiger charge is 2.54. The van der Waals surface area contributed by atoms with Crippen molar-refractivity contribution in [3.63, 3.8) is 0 Å². The molecule has 11 heteroatoms. The third-order valence-electron chi connectivity index (χ3n) is 9.63. The average Bonchev–Trinajstić information content (AvgIpc) is 3.81. The van der Waals surface area contributed by atoms with Crippen LogP contribution in [0.5, 0.6) is 0 Å². The Labute approximate surface area is 300 Å². The van der Waals surface area contributed by atoms with Crippen LogP contribution in [0, 0.1) is 11.8 Å². The van der Waals surface area contributed by atoms with Crippen molar-refractivity contribution in [2.24, 2.45) is 11.8 Å². The highest BCUT2D eigenvalue weighted by molar-refractivity contribution is 9.10. The first-order chi connectivity index (χ1) is 23.0. The van der Waals surface area contributed by atoms with Crippen LogP contribution in [0.1, 0.15) is 79.7 Å². The van der Waals surface area contributed by atoms with Gasteiger partial charge in [0.2, 0.25) is 0 Å². The second-order valence-electron chi connectivity index (χ2n) is 14.0. The lowest BCUT2D eigenvalue weighted by Gasteiger charge is -2.32. The van der Waals surface area contributed by atoms with Gasteiger partial charge >= 0.3 is 11.9 Å². The number of hydrogen-bond acceptors (Lipinski definition) is 10. The summed E-state index contributed by atoms with van der Waals surface area (Å²) >= 11 is 3.48. The molecule has 2 aliphatic rings. The van der Waals surface area contributed by atoms with Gasteiger partial charge in [-0.1, -0.05) is 73.1 Å². The van der Waals surface area contributed by atoms with E-state index in [9.17, 15) is 24.9 Å². The average molecular weight is 751 g/mol. The van der Waals surface area contributed by atoms with Crippen LogP contribution in [0.2, 0.25) is 0 Å². The summed E-state index contributed by atoms with van der Waals surface area (Å²) < 4.78 is 24.1. The van der Waals surface area contributed by atoms with Crippen molar-refractivity contribution in [2.75, 3.05) is 7.11 Å². The minimum Gasteiger partial charge on any atom is -0.457 e. The predicted molar refractivity (Wildman–Crippen MR) is 191 cm³/mol. The molecule has 0 radical (unpaired) electrons. The molecule has 2 unspecified atom stereocenters. The molecule has 0 saturated carbocycles. The standard InChI is InChI=1S/C38H56BrNO9/c1-9-30(46-8)25(4)34-35(49-34)36(40-22-27-13-15-28(39)16-14-27)38(7,45)19-10-11-23(2)33-24(3)12-17-31(47-26(5)41)37(6,44)20-18-29(42)21-32(43)48-33/h10-17,19,24-25,29-31,33-36,40,42,44-45H,9,18,20-22H2,1-8H3/b17-12+,19-10+,23-11+/t24-,25+,29+,30-,31-,33-,34+,35-,36?,37+,38?/m0/s1. The van der Waals surface area contributed by atoms with Gasteiger partial charge in [-0.2, -0.15) is 0 Å². The van der Waals surface area contributed by atoms with Crippen molar-refractivity contribution in [1.29, 1.82) is 0 Å². The number of carbonyl (C=O) groups is 2. The van der Waals surface area contributed by atoms with Crippen LogP contribution >= 0.6 is 15.9 Å².